The van der Waals surface area contributed by atoms with E-state index in [-0.39, 0.29) is 0 Å². The van der Waals surface area contributed by atoms with Crippen molar-refractivity contribution in [2.75, 3.05) is 31.1 Å². The Morgan fingerprint density at radius 3 is 2.90 bits per heavy atom. The second-order valence-electron chi connectivity index (χ2n) is 8.69. The molecule has 7 heteroatoms. The van der Waals surface area contributed by atoms with Crippen LogP contribution in [0.4, 0.5) is 5.82 Å². The minimum atomic E-state index is 0.783. The first-order valence-electron chi connectivity index (χ1n) is 10.9. The van der Waals surface area contributed by atoms with Crippen LogP contribution < -0.4 is 4.90 Å². The highest BCUT2D eigenvalue weighted by Gasteiger charge is 2.26. The molecule has 0 N–H and O–H groups in total. The number of nitrogens with zero attached hydrogens (tertiary/aromatic N) is 6. The van der Waals surface area contributed by atoms with Gasteiger partial charge in [0.1, 0.15) is 22.6 Å². The van der Waals surface area contributed by atoms with Crippen molar-refractivity contribution in [2.45, 2.75) is 32.7 Å². The summed E-state index contributed by atoms with van der Waals surface area (Å²) in [6, 6.07) is 6.14. The van der Waals surface area contributed by atoms with Crippen LogP contribution >= 0.6 is 11.3 Å². The second kappa shape index (κ2) is 7.32. The Kier molecular flexibility index (Phi) is 4.46. The van der Waals surface area contributed by atoms with E-state index in [2.05, 4.69) is 44.6 Å². The molecule has 1 fully saturated rings. The average Bonchev–Trinajstić information content (AvgIpc) is 3.34. The lowest BCUT2D eigenvalue weighted by molar-refractivity contribution is 0.247. The molecular formula is C23H26N6S. The minimum Gasteiger partial charge on any atom is -0.353 e. The Labute approximate surface area is 180 Å². The molecule has 1 aliphatic carbocycles. The first-order valence-corrected chi connectivity index (χ1v) is 11.7. The van der Waals surface area contributed by atoms with E-state index < -0.39 is 0 Å². The van der Waals surface area contributed by atoms with Gasteiger partial charge in [0.15, 0.2) is 0 Å². The highest BCUT2D eigenvalue weighted by Crippen LogP contribution is 2.40. The van der Waals surface area contributed by atoms with Crippen LogP contribution in [0.5, 0.6) is 0 Å². The fourth-order valence-corrected chi connectivity index (χ4v) is 6.25. The lowest BCUT2D eigenvalue weighted by atomic mass is 9.89. The molecule has 4 aromatic rings. The van der Waals surface area contributed by atoms with Crippen molar-refractivity contribution in [3.63, 3.8) is 0 Å². The third-order valence-corrected chi connectivity index (χ3v) is 7.71. The number of rotatable bonds is 3. The van der Waals surface area contributed by atoms with Crippen LogP contribution in [0.3, 0.4) is 0 Å². The molecule has 0 spiro atoms. The van der Waals surface area contributed by atoms with Gasteiger partial charge in [-0.25, -0.2) is 15.0 Å². The van der Waals surface area contributed by atoms with Crippen LogP contribution in [0.1, 0.15) is 29.5 Å². The molecule has 0 unspecified atom stereocenters. The quantitative estimate of drug-likeness (QED) is 0.507. The summed E-state index contributed by atoms with van der Waals surface area (Å²) in [5, 5.41) is 1.33. The second-order valence-corrected chi connectivity index (χ2v) is 9.77. The predicted octanol–water partition coefficient (Wildman–Crippen LogP) is 3.79. The molecule has 1 saturated heterocycles. The molecule has 5 heterocycles. The summed E-state index contributed by atoms with van der Waals surface area (Å²) in [4.78, 5) is 21.8. The maximum absolute atomic E-state index is 4.76. The smallest absolute Gasteiger partial charge is 0.141 e. The van der Waals surface area contributed by atoms with Crippen LogP contribution in [0.2, 0.25) is 0 Å². The Morgan fingerprint density at radius 1 is 1.13 bits per heavy atom. The van der Waals surface area contributed by atoms with Gasteiger partial charge in [-0.1, -0.05) is 13.0 Å². The number of hydrogen-bond donors (Lipinski definition) is 0. The molecule has 0 aromatic carbocycles. The van der Waals surface area contributed by atoms with Crippen LogP contribution in [-0.2, 0) is 19.4 Å². The highest BCUT2D eigenvalue weighted by molar-refractivity contribution is 7.19. The molecule has 154 valence electrons. The van der Waals surface area contributed by atoms with E-state index in [0.717, 1.165) is 55.8 Å². The monoisotopic (exact) mass is 418 g/mol. The fourth-order valence-electron chi connectivity index (χ4n) is 4.91. The van der Waals surface area contributed by atoms with Crippen LogP contribution in [0.25, 0.3) is 15.9 Å². The van der Waals surface area contributed by atoms with Gasteiger partial charge in [0, 0.05) is 50.0 Å². The largest absolute Gasteiger partial charge is 0.353 e. The van der Waals surface area contributed by atoms with Crippen LogP contribution in [-0.4, -0.2) is 50.4 Å². The van der Waals surface area contributed by atoms with Gasteiger partial charge in [0.2, 0.25) is 0 Å². The van der Waals surface area contributed by atoms with E-state index in [9.17, 15) is 0 Å². The number of piperazine rings is 1. The van der Waals surface area contributed by atoms with Crippen molar-refractivity contribution in [3.05, 3.63) is 53.1 Å². The number of imidazole rings is 1. The highest BCUT2D eigenvalue weighted by atomic mass is 32.1. The molecule has 0 amide bonds. The van der Waals surface area contributed by atoms with Gasteiger partial charge in [-0.2, -0.15) is 0 Å². The number of hydrogen-bond acceptors (Lipinski definition) is 6. The van der Waals surface area contributed by atoms with Gasteiger partial charge in [0.05, 0.1) is 11.1 Å². The van der Waals surface area contributed by atoms with Crippen LogP contribution in [0.15, 0.2) is 36.9 Å². The summed E-state index contributed by atoms with van der Waals surface area (Å²) in [5.74, 6) is 1.93. The molecule has 6 nitrogen and oxygen atoms in total. The molecule has 0 bridgehead atoms. The summed E-state index contributed by atoms with van der Waals surface area (Å²) in [7, 11) is 0. The number of anilines is 1. The van der Waals surface area contributed by atoms with Crippen molar-refractivity contribution < 1.29 is 0 Å². The Morgan fingerprint density at radius 2 is 2.03 bits per heavy atom. The fraction of sp³-hybridized carbons (Fsp3) is 0.435. The summed E-state index contributed by atoms with van der Waals surface area (Å²) >= 11 is 1.89. The Hall–Kier alpha value is -2.51. The molecule has 0 saturated carbocycles. The molecule has 0 radical (unpaired) electrons. The van der Waals surface area contributed by atoms with E-state index in [1.807, 2.05) is 23.5 Å². The van der Waals surface area contributed by atoms with Crippen molar-refractivity contribution in [1.29, 1.82) is 0 Å². The van der Waals surface area contributed by atoms with E-state index in [1.165, 1.54) is 39.9 Å². The normalized spacial score (nSPS) is 20.2. The Bertz CT molecular complexity index is 1170. The zero-order valence-corrected chi connectivity index (χ0v) is 18.1. The molecule has 1 atom stereocenters. The molecule has 30 heavy (non-hydrogen) atoms. The molecule has 2 aliphatic rings. The van der Waals surface area contributed by atoms with Crippen molar-refractivity contribution in [3.8, 4) is 0 Å². The van der Waals surface area contributed by atoms with E-state index >= 15 is 0 Å². The first-order chi connectivity index (χ1) is 14.7. The van der Waals surface area contributed by atoms with Gasteiger partial charge < -0.3 is 9.30 Å². The minimum absolute atomic E-state index is 0.783. The number of fused-ring (bicyclic) bond motifs is 4. The average molecular weight is 419 g/mol. The van der Waals surface area contributed by atoms with Gasteiger partial charge in [-0.05, 0) is 42.9 Å². The summed E-state index contributed by atoms with van der Waals surface area (Å²) in [6.45, 7) is 7.33. The Balaban J connectivity index is 1.20. The third kappa shape index (κ3) is 3.17. The summed E-state index contributed by atoms with van der Waals surface area (Å²) in [5.41, 5.74) is 3.68. The molecular weight excluding hydrogens is 392 g/mol. The zero-order chi connectivity index (χ0) is 20.1. The number of aromatic nitrogens is 4. The van der Waals surface area contributed by atoms with Gasteiger partial charge in [-0.3, -0.25) is 4.90 Å². The lowest BCUT2D eigenvalue weighted by Gasteiger charge is -2.35. The van der Waals surface area contributed by atoms with E-state index in [0.29, 0.717) is 0 Å². The predicted molar refractivity (Wildman–Crippen MR) is 121 cm³/mol. The standard InChI is InChI=1S/C23H26N6S/c1-16-5-6-18-19(12-16)30-23-21(18)22(24-15-25-23)28-10-8-27(9-11-28)13-17-14-29-7-3-2-4-20(29)26-17/h2-4,7,14-16H,5-6,8-13H2,1H3/t16-/m0/s1. The SMILES string of the molecule is C[C@H]1CCc2c(sc3ncnc(N4CCN(Cc5cn6ccccc6n5)CC4)c23)C1. The topological polar surface area (TPSA) is 49.6 Å². The zero-order valence-electron chi connectivity index (χ0n) is 17.3. The molecule has 4 aromatic heterocycles. The third-order valence-electron chi connectivity index (χ3n) is 6.54. The van der Waals surface area contributed by atoms with Gasteiger partial charge in [-0.15, -0.1) is 11.3 Å². The van der Waals surface area contributed by atoms with Crippen molar-refractivity contribution in [2.24, 2.45) is 5.92 Å². The maximum Gasteiger partial charge on any atom is 0.141 e. The van der Waals surface area contributed by atoms with Gasteiger partial charge >= 0.3 is 0 Å². The lowest BCUT2D eigenvalue weighted by Crippen LogP contribution is -2.46. The molecule has 1 aliphatic heterocycles. The maximum atomic E-state index is 4.76. The van der Waals surface area contributed by atoms with Crippen molar-refractivity contribution in [1.82, 2.24) is 24.3 Å². The first kappa shape index (κ1) is 18.3. The van der Waals surface area contributed by atoms with Crippen molar-refractivity contribution >= 4 is 33.0 Å². The summed E-state index contributed by atoms with van der Waals surface area (Å²) < 4.78 is 2.10. The number of aryl methyl sites for hydroxylation is 1. The number of pyridine rings is 1. The van der Waals surface area contributed by atoms with E-state index in [1.54, 1.807) is 6.33 Å². The number of thiophene rings is 1. The summed E-state index contributed by atoms with van der Waals surface area (Å²) in [6.07, 6.45) is 9.61. The van der Waals surface area contributed by atoms with E-state index in [4.69, 9.17) is 9.97 Å². The van der Waals surface area contributed by atoms with Crippen LogP contribution in [0, 0.1) is 5.92 Å². The molecule has 6 rings (SSSR count). The van der Waals surface area contributed by atoms with Gasteiger partial charge in [0.25, 0.3) is 0 Å².